The van der Waals surface area contributed by atoms with Gasteiger partial charge in [-0.05, 0) is 38.7 Å². The van der Waals surface area contributed by atoms with Crippen molar-refractivity contribution in [3.05, 3.63) is 17.0 Å². The monoisotopic (exact) mass is 337 g/mol. The molecule has 1 saturated heterocycles. The molecule has 0 aliphatic carbocycles. The number of aryl methyl sites for hydroxylation is 2. The molecule has 0 bridgehead atoms. The molecular formula is C17H31N5O2. The molecular weight excluding hydrogens is 306 g/mol. The molecule has 2 rings (SSSR count). The van der Waals surface area contributed by atoms with Gasteiger partial charge in [-0.3, -0.25) is 9.67 Å². The summed E-state index contributed by atoms with van der Waals surface area (Å²) in [6.07, 6.45) is 3.20. The normalized spacial score (nSPS) is 18.2. The molecule has 0 spiro atoms. The number of aromatic nitrogens is 2. The summed E-state index contributed by atoms with van der Waals surface area (Å²) in [6.45, 7) is 8.18. The van der Waals surface area contributed by atoms with Crippen molar-refractivity contribution in [1.82, 2.24) is 20.4 Å². The molecule has 24 heavy (non-hydrogen) atoms. The number of rotatable bonds is 8. The van der Waals surface area contributed by atoms with Gasteiger partial charge in [0, 0.05) is 46.1 Å². The summed E-state index contributed by atoms with van der Waals surface area (Å²) >= 11 is 0. The van der Waals surface area contributed by atoms with Gasteiger partial charge in [0.25, 0.3) is 0 Å². The first-order valence-corrected chi connectivity index (χ1v) is 8.74. The van der Waals surface area contributed by atoms with E-state index in [-0.39, 0.29) is 6.10 Å². The molecule has 0 aromatic carbocycles. The van der Waals surface area contributed by atoms with Crippen LogP contribution >= 0.6 is 0 Å². The summed E-state index contributed by atoms with van der Waals surface area (Å²) in [5, 5.41) is 11.1. The van der Waals surface area contributed by atoms with Crippen LogP contribution in [0.1, 0.15) is 29.8 Å². The van der Waals surface area contributed by atoms with Crippen molar-refractivity contribution in [2.75, 3.05) is 40.0 Å². The maximum atomic E-state index is 5.75. The summed E-state index contributed by atoms with van der Waals surface area (Å²) in [6, 6.07) is 0. The SMILES string of the molecule is CN=C(NCCCOC1CCOC1)NCCc1c(C)nn(C)c1C. The molecule has 1 aromatic rings. The number of hydrogen-bond acceptors (Lipinski definition) is 4. The molecule has 1 fully saturated rings. The molecule has 1 aliphatic heterocycles. The summed E-state index contributed by atoms with van der Waals surface area (Å²) < 4.78 is 13.0. The molecule has 1 aromatic heterocycles. The van der Waals surface area contributed by atoms with Crippen LogP contribution in [0.3, 0.4) is 0 Å². The van der Waals surface area contributed by atoms with Crippen LogP contribution in [0.5, 0.6) is 0 Å². The molecule has 7 nitrogen and oxygen atoms in total. The van der Waals surface area contributed by atoms with Crippen LogP contribution in [0.15, 0.2) is 4.99 Å². The molecule has 1 atom stereocenters. The Hall–Kier alpha value is -1.60. The van der Waals surface area contributed by atoms with E-state index in [4.69, 9.17) is 9.47 Å². The Morgan fingerprint density at radius 1 is 1.38 bits per heavy atom. The van der Waals surface area contributed by atoms with Gasteiger partial charge >= 0.3 is 0 Å². The quantitative estimate of drug-likeness (QED) is 0.420. The van der Waals surface area contributed by atoms with E-state index in [9.17, 15) is 0 Å². The summed E-state index contributed by atoms with van der Waals surface area (Å²) in [7, 11) is 3.78. The lowest BCUT2D eigenvalue weighted by Gasteiger charge is -2.13. The lowest BCUT2D eigenvalue weighted by atomic mass is 10.1. The first-order chi connectivity index (χ1) is 11.6. The highest BCUT2D eigenvalue weighted by molar-refractivity contribution is 5.79. The lowest BCUT2D eigenvalue weighted by molar-refractivity contribution is 0.0420. The third kappa shape index (κ3) is 5.49. The molecule has 0 amide bonds. The largest absolute Gasteiger partial charge is 0.379 e. The Bertz CT molecular complexity index is 535. The average Bonchev–Trinajstić information content (AvgIpc) is 3.16. The zero-order valence-corrected chi connectivity index (χ0v) is 15.4. The topological polar surface area (TPSA) is 72.7 Å². The molecule has 1 unspecified atom stereocenters. The summed E-state index contributed by atoms with van der Waals surface area (Å²) in [4.78, 5) is 4.26. The van der Waals surface area contributed by atoms with Crippen molar-refractivity contribution in [2.45, 2.75) is 39.2 Å². The van der Waals surface area contributed by atoms with Crippen LogP contribution in [-0.4, -0.2) is 61.8 Å². The molecule has 2 heterocycles. The maximum Gasteiger partial charge on any atom is 0.190 e. The third-order valence-corrected chi connectivity index (χ3v) is 4.40. The number of nitrogens with one attached hydrogen (secondary N) is 2. The minimum atomic E-state index is 0.286. The fourth-order valence-electron chi connectivity index (χ4n) is 2.88. The van der Waals surface area contributed by atoms with E-state index in [0.29, 0.717) is 0 Å². The lowest BCUT2D eigenvalue weighted by Crippen LogP contribution is -2.39. The standard InChI is InChI=1S/C17H31N5O2/c1-13-16(14(2)22(4)21-13)6-9-20-17(18-3)19-8-5-10-24-15-7-11-23-12-15/h15H,5-12H2,1-4H3,(H2,18,19,20). The van der Waals surface area contributed by atoms with Crippen molar-refractivity contribution in [1.29, 1.82) is 0 Å². The van der Waals surface area contributed by atoms with Gasteiger partial charge < -0.3 is 20.1 Å². The molecule has 136 valence electrons. The highest BCUT2D eigenvalue weighted by atomic mass is 16.5. The molecule has 0 radical (unpaired) electrons. The van der Waals surface area contributed by atoms with Crippen molar-refractivity contribution in [3.8, 4) is 0 Å². The molecule has 2 N–H and O–H groups in total. The van der Waals surface area contributed by atoms with Gasteiger partial charge in [0.05, 0.1) is 18.4 Å². The van der Waals surface area contributed by atoms with Gasteiger partial charge in [0.15, 0.2) is 5.96 Å². The van der Waals surface area contributed by atoms with E-state index >= 15 is 0 Å². The van der Waals surface area contributed by atoms with Crippen molar-refractivity contribution < 1.29 is 9.47 Å². The van der Waals surface area contributed by atoms with E-state index in [1.807, 2.05) is 11.7 Å². The van der Waals surface area contributed by atoms with Crippen LogP contribution < -0.4 is 10.6 Å². The predicted molar refractivity (Wildman–Crippen MR) is 95.5 cm³/mol. The Kier molecular flexibility index (Phi) is 7.52. The van der Waals surface area contributed by atoms with Gasteiger partial charge in [0.2, 0.25) is 0 Å². The second-order valence-electron chi connectivity index (χ2n) is 6.16. The van der Waals surface area contributed by atoms with Gasteiger partial charge in [-0.1, -0.05) is 0 Å². The Labute approximate surface area is 144 Å². The van der Waals surface area contributed by atoms with E-state index in [1.165, 1.54) is 11.3 Å². The smallest absolute Gasteiger partial charge is 0.190 e. The number of aliphatic imine (C=N–C) groups is 1. The van der Waals surface area contributed by atoms with E-state index in [1.54, 1.807) is 7.05 Å². The average molecular weight is 337 g/mol. The number of nitrogens with zero attached hydrogens (tertiary/aromatic N) is 3. The van der Waals surface area contributed by atoms with E-state index in [0.717, 1.165) is 63.8 Å². The number of guanidine groups is 1. The molecule has 0 saturated carbocycles. The van der Waals surface area contributed by atoms with Crippen molar-refractivity contribution in [3.63, 3.8) is 0 Å². The predicted octanol–water partition coefficient (Wildman–Crippen LogP) is 0.940. The summed E-state index contributed by atoms with van der Waals surface area (Å²) in [5.41, 5.74) is 3.64. The Morgan fingerprint density at radius 2 is 2.17 bits per heavy atom. The minimum absolute atomic E-state index is 0.286. The van der Waals surface area contributed by atoms with Crippen LogP contribution in [-0.2, 0) is 22.9 Å². The Morgan fingerprint density at radius 3 is 2.79 bits per heavy atom. The minimum Gasteiger partial charge on any atom is -0.379 e. The zero-order chi connectivity index (χ0) is 17.4. The van der Waals surface area contributed by atoms with Crippen molar-refractivity contribution in [2.24, 2.45) is 12.0 Å². The highest BCUT2D eigenvalue weighted by Gasteiger charge is 2.15. The van der Waals surface area contributed by atoms with E-state index < -0.39 is 0 Å². The molecule has 1 aliphatic rings. The van der Waals surface area contributed by atoms with Gasteiger partial charge in [-0.25, -0.2) is 0 Å². The third-order valence-electron chi connectivity index (χ3n) is 4.40. The van der Waals surface area contributed by atoms with Gasteiger partial charge in [0.1, 0.15) is 0 Å². The second kappa shape index (κ2) is 9.64. The first kappa shape index (κ1) is 18.7. The highest BCUT2D eigenvalue weighted by Crippen LogP contribution is 2.11. The van der Waals surface area contributed by atoms with Crippen LogP contribution in [0.2, 0.25) is 0 Å². The molecule has 7 heteroatoms. The zero-order valence-electron chi connectivity index (χ0n) is 15.4. The van der Waals surface area contributed by atoms with Crippen molar-refractivity contribution >= 4 is 5.96 Å². The fraction of sp³-hybridized carbons (Fsp3) is 0.765. The fourth-order valence-corrected chi connectivity index (χ4v) is 2.88. The van der Waals surface area contributed by atoms with Crippen LogP contribution in [0, 0.1) is 13.8 Å². The summed E-state index contributed by atoms with van der Waals surface area (Å²) in [5.74, 6) is 0.832. The van der Waals surface area contributed by atoms with Crippen LogP contribution in [0.25, 0.3) is 0 Å². The van der Waals surface area contributed by atoms with Crippen LogP contribution in [0.4, 0.5) is 0 Å². The number of hydrogen-bond donors (Lipinski definition) is 2. The second-order valence-corrected chi connectivity index (χ2v) is 6.16. The first-order valence-electron chi connectivity index (χ1n) is 8.74. The Balaban J connectivity index is 1.60. The number of ether oxygens (including phenoxy) is 2. The van der Waals surface area contributed by atoms with Gasteiger partial charge in [-0.15, -0.1) is 0 Å². The van der Waals surface area contributed by atoms with E-state index in [2.05, 4.69) is 34.6 Å². The maximum absolute atomic E-state index is 5.75. The van der Waals surface area contributed by atoms with Gasteiger partial charge in [-0.2, -0.15) is 5.10 Å².